The van der Waals surface area contributed by atoms with Gasteiger partial charge in [0.1, 0.15) is 0 Å². The average molecular weight is 238 g/mol. The zero-order valence-electron chi connectivity index (χ0n) is 10.6. The molecule has 0 aliphatic heterocycles. The van der Waals surface area contributed by atoms with E-state index in [4.69, 9.17) is 0 Å². The fraction of sp³-hybridized carbons (Fsp3) is 1.00. The molecule has 0 aromatic carbocycles. The molecule has 0 spiro atoms. The minimum atomic E-state index is -0.161. The van der Waals surface area contributed by atoms with E-state index >= 15 is 0 Å². The van der Waals surface area contributed by atoms with Crippen molar-refractivity contribution in [1.29, 1.82) is 0 Å². The first-order valence-corrected chi connectivity index (χ1v) is 6.16. The molecule has 0 aliphatic carbocycles. The van der Waals surface area contributed by atoms with E-state index in [0.717, 1.165) is 11.3 Å². The highest BCUT2D eigenvalue weighted by Crippen LogP contribution is 2.08. The van der Waals surface area contributed by atoms with Crippen molar-refractivity contribution in [3.63, 3.8) is 0 Å². The van der Waals surface area contributed by atoms with Gasteiger partial charge in [-0.2, -0.15) is 0 Å². The Morgan fingerprint density at radius 1 is 0.933 bits per heavy atom. The van der Waals surface area contributed by atoms with Crippen molar-refractivity contribution in [3.8, 4) is 0 Å². The number of halogens is 1. The number of hydrogen-bond acceptors (Lipinski definition) is 1. The molecule has 0 heterocycles. The smallest absolute Gasteiger partial charge is 0.188 e. The molecule has 1 unspecified atom stereocenters. The van der Waals surface area contributed by atoms with Crippen LogP contribution in [0.2, 0.25) is 0 Å². The molecule has 0 aromatic heterocycles. The SMILES string of the molecule is CCCCCCCCCC(O)[NH+](C)C.[Cl-]. The van der Waals surface area contributed by atoms with Gasteiger partial charge in [-0.25, -0.2) is 0 Å². The number of quaternary nitrogens is 1. The molecule has 2 N–H and O–H groups in total. The zero-order valence-corrected chi connectivity index (χ0v) is 11.3. The van der Waals surface area contributed by atoms with Gasteiger partial charge in [-0.3, -0.25) is 0 Å². The molecule has 0 fully saturated rings. The molecule has 2 nitrogen and oxygen atoms in total. The fourth-order valence-electron chi connectivity index (χ4n) is 1.58. The second-order valence-corrected chi connectivity index (χ2v) is 4.50. The molecular formula is C12H28ClNO. The quantitative estimate of drug-likeness (QED) is 0.374. The molecule has 0 saturated heterocycles. The van der Waals surface area contributed by atoms with E-state index in [-0.39, 0.29) is 18.6 Å². The third kappa shape index (κ3) is 12.1. The monoisotopic (exact) mass is 237 g/mol. The van der Waals surface area contributed by atoms with E-state index in [1.807, 2.05) is 14.1 Å². The second kappa shape index (κ2) is 12.3. The maximum absolute atomic E-state index is 9.53. The predicted molar refractivity (Wildman–Crippen MR) is 61.4 cm³/mol. The zero-order chi connectivity index (χ0) is 10.8. The first-order valence-electron chi connectivity index (χ1n) is 6.16. The van der Waals surface area contributed by atoms with Gasteiger partial charge in [-0.1, -0.05) is 45.4 Å². The summed E-state index contributed by atoms with van der Waals surface area (Å²) in [6.45, 7) is 2.25. The summed E-state index contributed by atoms with van der Waals surface area (Å²) < 4.78 is 0. The van der Waals surface area contributed by atoms with Crippen molar-refractivity contribution in [2.45, 2.75) is 64.5 Å². The van der Waals surface area contributed by atoms with Crippen molar-refractivity contribution in [3.05, 3.63) is 0 Å². The number of unbranched alkanes of at least 4 members (excludes halogenated alkanes) is 6. The third-order valence-corrected chi connectivity index (χ3v) is 2.75. The molecule has 0 amide bonds. The summed E-state index contributed by atoms with van der Waals surface area (Å²) in [6, 6.07) is 0. The molecule has 1 atom stereocenters. The normalized spacial score (nSPS) is 12.6. The van der Waals surface area contributed by atoms with Crippen LogP contribution in [0.25, 0.3) is 0 Å². The van der Waals surface area contributed by atoms with Gasteiger partial charge in [0.25, 0.3) is 0 Å². The Bertz CT molecular complexity index is 120. The lowest BCUT2D eigenvalue weighted by Crippen LogP contribution is -3.10. The van der Waals surface area contributed by atoms with Crippen molar-refractivity contribution in [2.75, 3.05) is 14.1 Å². The Morgan fingerprint density at radius 3 is 1.87 bits per heavy atom. The molecule has 0 rings (SSSR count). The van der Waals surface area contributed by atoms with Crippen molar-refractivity contribution < 1.29 is 22.4 Å². The van der Waals surface area contributed by atoms with Crippen LogP contribution < -0.4 is 17.3 Å². The fourth-order valence-corrected chi connectivity index (χ4v) is 1.58. The largest absolute Gasteiger partial charge is 1.00 e. The van der Waals surface area contributed by atoms with Gasteiger partial charge in [0.2, 0.25) is 0 Å². The van der Waals surface area contributed by atoms with Crippen molar-refractivity contribution >= 4 is 0 Å². The Morgan fingerprint density at radius 2 is 1.40 bits per heavy atom. The first-order chi connectivity index (χ1) is 6.68. The van der Waals surface area contributed by atoms with E-state index in [1.165, 1.54) is 44.9 Å². The Labute approximate surface area is 101 Å². The lowest BCUT2D eigenvalue weighted by molar-refractivity contribution is -0.910. The lowest BCUT2D eigenvalue weighted by Gasteiger charge is -2.14. The number of nitrogens with one attached hydrogen (secondary N) is 1. The lowest BCUT2D eigenvalue weighted by atomic mass is 10.1. The summed E-state index contributed by atoms with van der Waals surface area (Å²) in [6.07, 6.45) is 10.1. The molecule has 3 heteroatoms. The van der Waals surface area contributed by atoms with Gasteiger partial charge in [0, 0.05) is 6.42 Å². The molecule has 0 radical (unpaired) electrons. The highest BCUT2D eigenvalue weighted by molar-refractivity contribution is 4.46. The van der Waals surface area contributed by atoms with E-state index in [0.29, 0.717) is 0 Å². The molecule has 0 aromatic rings. The molecule has 0 aliphatic rings. The van der Waals surface area contributed by atoms with Crippen LogP contribution in [0.4, 0.5) is 0 Å². The average Bonchev–Trinajstić information content (AvgIpc) is 2.16. The highest BCUT2D eigenvalue weighted by Gasteiger charge is 2.08. The second-order valence-electron chi connectivity index (χ2n) is 4.50. The minimum absolute atomic E-state index is 0. The number of hydrogen-bond donors (Lipinski definition) is 2. The summed E-state index contributed by atoms with van der Waals surface area (Å²) in [4.78, 5) is 1.15. The van der Waals surface area contributed by atoms with Crippen LogP contribution in [0, 0.1) is 0 Å². The summed E-state index contributed by atoms with van der Waals surface area (Å²) in [7, 11) is 4.01. The molecule has 94 valence electrons. The summed E-state index contributed by atoms with van der Waals surface area (Å²) >= 11 is 0. The van der Waals surface area contributed by atoms with E-state index in [9.17, 15) is 5.11 Å². The highest BCUT2D eigenvalue weighted by atomic mass is 35.5. The van der Waals surface area contributed by atoms with E-state index in [1.54, 1.807) is 0 Å². The van der Waals surface area contributed by atoms with E-state index < -0.39 is 0 Å². The number of rotatable bonds is 9. The van der Waals surface area contributed by atoms with Crippen LogP contribution in [-0.2, 0) is 0 Å². The summed E-state index contributed by atoms with van der Waals surface area (Å²) in [5.74, 6) is 0. The van der Waals surface area contributed by atoms with E-state index in [2.05, 4.69) is 6.92 Å². The topological polar surface area (TPSA) is 24.7 Å². The number of aliphatic hydroxyl groups is 1. The van der Waals surface area contributed by atoms with Crippen LogP contribution in [0.15, 0.2) is 0 Å². The van der Waals surface area contributed by atoms with Crippen LogP contribution in [0.1, 0.15) is 58.3 Å². The molecule has 15 heavy (non-hydrogen) atoms. The van der Waals surface area contributed by atoms with Crippen molar-refractivity contribution in [1.82, 2.24) is 0 Å². The van der Waals surface area contributed by atoms with Crippen LogP contribution in [-0.4, -0.2) is 25.4 Å². The maximum atomic E-state index is 9.53. The van der Waals surface area contributed by atoms with Gasteiger partial charge in [-0.15, -0.1) is 0 Å². The maximum Gasteiger partial charge on any atom is 0.188 e. The van der Waals surface area contributed by atoms with Crippen LogP contribution in [0.3, 0.4) is 0 Å². The number of aliphatic hydroxyl groups excluding tert-OH is 1. The van der Waals surface area contributed by atoms with Gasteiger partial charge in [0.15, 0.2) is 6.23 Å². The Hall–Kier alpha value is 0.210. The van der Waals surface area contributed by atoms with Crippen molar-refractivity contribution in [2.24, 2.45) is 0 Å². The minimum Gasteiger partial charge on any atom is -1.00 e. The molecular weight excluding hydrogens is 210 g/mol. The third-order valence-electron chi connectivity index (χ3n) is 2.75. The standard InChI is InChI=1S/C12H27NO.ClH/c1-4-5-6-7-8-9-10-11-12(14)13(2)3;/h12,14H,4-11H2,1-3H3;1H. The van der Waals surface area contributed by atoms with Gasteiger partial charge < -0.3 is 22.4 Å². The molecule has 0 bridgehead atoms. The Balaban J connectivity index is 0. The summed E-state index contributed by atoms with van der Waals surface area (Å²) in [5.41, 5.74) is 0. The predicted octanol–water partition coefficient (Wildman–Crippen LogP) is -1.41. The Kier molecular flexibility index (Phi) is 14.4. The first kappa shape index (κ1) is 17.6. The van der Waals surface area contributed by atoms with Gasteiger partial charge >= 0.3 is 0 Å². The van der Waals surface area contributed by atoms with Gasteiger partial charge in [-0.05, 0) is 6.42 Å². The summed E-state index contributed by atoms with van der Waals surface area (Å²) in [5, 5.41) is 9.53. The van der Waals surface area contributed by atoms with Crippen LogP contribution in [0.5, 0.6) is 0 Å². The van der Waals surface area contributed by atoms with Gasteiger partial charge in [0.05, 0.1) is 14.1 Å². The van der Waals surface area contributed by atoms with Crippen LogP contribution >= 0.6 is 0 Å². The molecule has 0 saturated carbocycles.